The summed E-state index contributed by atoms with van der Waals surface area (Å²) in [7, 11) is 4.19. The van der Waals surface area contributed by atoms with Crippen molar-refractivity contribution in [1.82, 2.24) is 4.90 Å². The molecule has 1 atom stereocenters. The molecule has 0 N–H and O–H groups in total. The number of likely N-dealkylation sites (N-methyl/N-ethyl adjacent to an activating group) is 1. The van der Waals surface area contributed by atoms with E-state index in [1.54, 1.807) is 0 Å². The van der Waals surface area contributed by atoms with Crippen molar-refractivity contribution in [2.75, 3.05) is 20.6 Å². The molecule has 0 saturated carbocycles. The van der Waals surface area contributed by atoms with Crippen LogP contribution in [0.5, 0.6) is 0 Å². The van der Waals surface area contributed by atoms with Crippen LogP contribution in [0.1, 0.15) is 19.8 Å². The van der Waals surface area contributed by atoms with Crippen molar-refractivity contribution in [3.05, 3.63) is 48.1 Å². The Hall–Kier alpha value is -1.08. The minimum atomic E-state index is 0.413. The zero-order chi connectivity index (χ0) is 12.0. The van der Waals surface area contributed by atoms with Gasteiger partial charge < -0.3 is 4.90 Å². The summed E-state index contributed by atoms with van der Waals surface area (Å²) in [5.41, 5.74) is 2.67. The third kappa shape index (κ3) is 4.19. The van der Waals surface area contributed by atoms with Crippen molar-refractivity contribution in [3.63, 3.8) is 0 Å². The first-order valence-corrected chi connectivity index (χ1v) is 6.01. The Morgan fingerprint density at radius 2 is 2.12 bits per heavy atom. The Kier molecular flexibility index (Phi) is 5.27. The summed E-state index contributed by atoms with van der Waals surface area (Å²) in [5.74, 6) is 0.413. The normalized spacial score (nSPS) is 19.8. The quantitative estimate of drug-likeness (QED) is 0.636. The average Bonchev–Trinajstić information content (AvgIpc) is 2.43. The number of hydrogen-bond donors (Lipinski definition) is 0. The average molecular weight is 217 g/mol. The SMILES string of the molecule is C=C(CCC)C1C=CC=C(CN(C)C)C=C1. The van der Waals surface area contributed by atoms with Gasteiger partial charge in [0.15, 0.2) is 0 Å². The molecule has 1 heteroatoms. The maximum atomic E-state index is 4.16. The van der Waals surface area contributed by atoms with E-state index in [0.717, 1.165) is 13.0 Å². The lowest BCUT2D eigenvalue weighted by molar-refractivity contribution is 0.449. The molecule has 0 aromatic rings. The lowest BCUT2D eigenvalue weighted by atomic mass is 9.96. The third-order valence-corrected chi connectivity index (χ3v) is 2.69. The summed E-state index contributed by atoms with van der Waals surface area (Å²) < 4.78 is 0. The molecule has 1 rings (SSSR count). The molecular weight excluding hydrogens is 194 g/mol. The van der Waals surface area contributed by atoms with Gasteiger partial charge in [-0.25, -0.2) is 0 Å². The van der Waals surface area contributed by atoms with Crippen LogP contribution in [-0.4, -0.2) is 25.5 Å². The summed E-state index contributed by atoms with van der Waals surface area (Å²) in [6.07, 6.45) is 13.4. The van der Waals surface area contributed by atoms with E-state index < -0.39 is 0 Å². The van der Waals surface area contributed by atoms with E-state index in [1.807, 2.05) is 0 Å². The lowest BCUT2D eigenvalue weighted by Crippen LogP contribution is -2.14. The highest BCUT2D eigenvalue weighted by atomic mass is 15.0. The molecule has 1 nitrogen and oxygen atoms in total. The van der Waals surface area contributed by atoms with Crippen molar-refractivity contribution in [2.24, 2.45) is 5.92 Å². The van der Waals surface area contributed by atoms with E-state index in [9.17, 15) is 0 Å². The van der Waals surface area contributed by atoms with Crippen molar-refractivity contribution in [1.29, 1.82) is 0 Å². The van der Waals surface area contributed by atoms with Gasteiger partial charge in [0.2, 0.25) is 0 Å². The number of allylic oxidation sites excluding steroid dienone is 5. The Bertz CT molecular complexity index is 318. The summed E-state index contributed by atoms with van der Waals surface area (Å²) in [6.45, 7) is 7.35. The summed E-state index contributed by atoms with van der Waals surface area (Å²) in [5, 5.41) is 0. The highest BCUT2D eigenvalue weighted by Gasteiger charge is 2.06. The van der Waals surface area contributed by atoms with E-state index >= 15 is 0 Å². The molecule has 0 radical (unpaired) electrons. The third-order valence-electron chi connectivity index (χ3n) is 2.69. The van der Waals surface area contributed by atoms with Gasteiger partial charge in [-0.1, -0.05) is 55.9 Å². The van der Waals surface area contributed by atoms with Gasteiger partial charge in [-0.05, 0) is 26.1 Å². The van der Waals surface area contributed by atoms with E-state index in [2.05, 4.69) is 62.9 Å². The van der Waals surface area contributed by atoms with E-state index in [0.29, 0.717) is 5.92 Å². The lowest BCUT2D eigenvalue weighted by Gasteiger charge is -2.11. The Balaban J connectivity index is 2.62. The van der Waals surface area contributed by atoms with Crippen LogP contribution >= 0.6 is 0 Å². The second-order valence-corrected chi connectivity index (χ2v) is 4.66. The molecule has 16 heavy (non-hydrogen) atoms. The predicted octanol–water partition coefficient (Wildman–Crippen LogP) is 3.57. The first-order chi connectivity index (χ1) is 7.63. The van der Waals surface area contributed by atoms with Crippen LogP contribution in [0.3, 0.4) is 0 Å². The minimum absolute atomic E-state index is 0.413. The van der Waals surface area contributed by atoms with Crippen LogP contribution in [0.15, 0.2) is 48.1 Å². The molecule has 0 spiro atoms. The monoisotopic (exact) mass is 217 g/mol. The van der Waals surface area contributed by atoms with Crippen LogP contribution in [0.25, 0.3) is 0 Å². The van der Waals surface area contributed by atoms with Gasteiger partial charge in [0.1, 0.15) is 0 Å². The maximum Gasteiger partial charge on any atom is 0.0227 e. The molecule has 0 aromatic carbocycles. The molecule has 0 saturated heterocycles. The van der Waals surface area contributed by atoms with Crippen LogP contribution in [0.2, 0.25) is 0 Å². The summed E-state index contributed by atoms with van der Waals surface area (Å²) in [6, 6.07) is 0. The van der Waals surface area contributed by atoms with Crippen LogP contribution < -0.4 is 0 Å². The molecule has 0 bridgehead atoms. The molecule has 0 heterocycles. The molecule has 1 aliphatic rings. The summed E-state index contributed by atoms with van der Waals surface area (Å²) in [4.78, 5) is 2.19. The van der Waals surface area contributed by atoms with Gasteiger partial charge in [0.25, 0.3) is 0 Å². The van der Waals surface area contributed by atoms with Gasteiger partial charge in [0.05, 0.1) is 0 Å². The van der Waals surface area contributed by atoms with Crippen LogP contribution in [-0.2, 0) is 0 Å². The van der Waals surface area contributed by atoms with E-state index in [4.69, 9.17) is 0 Å². The highest BCUT2D eigenvalue weighted by Crippen LogP contribution is 2.20. The Morgan fingerprint density at radius 3 is 2.75 bits per heavy atom. The second kappa shape index (κ2) is 6.49. The van der Waals surface area contributed by atoms with Gasteiger partial charge in [-0.15, -0.1) is 0 Å². The minimum Gasteiger partial charge on any atom is -0.305 e. The van der Waals surface area contributed by atoms with Gasteiger partial charge in [-0.3, -0.25) is 0 Å². The van der Waals surface area contributed by atoms with Gasteiger partial charge >= 0.3 is 0 Å². The standard InChI is InChI=1S/C15H23N/c1-5-7-13(2)15-9-6-8-14(10-11-15)12-16(3)4/h6,8-11,15H,2,5,7,12H2,1,3-4H3. The fraction of sp³-hybridized carbons (Fsp3) is 0.467. The molecular formula is C15H23N. The van der Waals surface area contributed by atoms with Crippen LogP contribution in [0.4, 0.5) is 0 Å². The smallest absolute Gasteiger partial charge is 0.0227 e. The molecule has 0 aliphatic heterocycles. The van der Waals surface area contributed by atoms with Gasteiger partial charge in [0, 0.05) is 12.5 Å². The molecule has 0 fully saturated rings. The van der Waals surface area contributed by atoms with Crippen molar-refractivity contribution >= 4 is 0 Å². The molecule has 0 amide bonds. The number of hydrogen-bond acceptors (Lipinski definition) is 1. The van der Waals surface area contributed by atoms with Crippen molar-refractivity contribution in [3.8, 4) is 0 Å². The van der Waals surface area contributed by atoms with Crippen molar-refractivity contribution in [2.45, 2.75) is 19.8 Å². The summed E-state index contributed by atoms with van der Waals surface area (Å²) >= 11 is 0. The van der Waals surface area contributed by atoms with E-state index in [-0.39, 0.29) is 0 Å². The highest BCUT2D eigenvalue weighted by molar-refractivity contribution is 5.33. The van der Waals surface area contributed by atoms with Gasteiger partial charge in [-0.2, -0.15) is 0 Å². The first kappa shape index (κ1) is 13.0. The topological polar surface area (TPSA) is 3.24 Å². The number of rotatable bonds is 5. The maximum absolute atomic E-state index is 4.16. The second-order valence-electron chi connectivity index (χ2n) is 4.66. The molecule has 0 aromatic heterocycles. The first-order valence-electron chi connectivity index (χ1n) is 6.01. The molecule has 1 unspecified atom stereocenters. The fourth-order valence-corrected chi connectivity index (χ4v) is 1.88. The zero-order valence-electron chi connectivity index (χ0n) is 10.7. The van der Waals surface area contributed by atoms with E-state index in [1.165, 1.54) is 17.6 Å². The molecule has 1 aliphatic carbocycles. The largest absolute Gasteiger partial charge is 0.305 e. The Morgan fingerprint density at radius 1 is 1.38 bits per heavy atom. The number of nitrogens with zero attached hydrogens (tertiary/aromatic N) is 1. The Labute approximate surface area is 99.8 Å². The van der Waals surface area contributed by atoms with Crippen LogP contribution in [0, 0.1) is 5.92 Å². The zero-order valence-corrected chi connectivity index (χ0v) is 10.7. The van der Waals surface area contributed by atoms with Crippen molar-refractivity contribution < 1.29 is 0 Å². The predicted molar refractivity (Wildman–Crippen MR) is 72.5 cm³/mol. The molecule has 88 valence electrons. The fourth-order valence-electron chi connectivity index (χ4n) is 1.88.